The Bertz CT molecular complexity index is 756. The maximum atomic E-state index is 13.6. The van der Waals surface area contributed by atoms with Crippen LogP contribution in [0.4, 0.5) is 4.39 Å². The summed E-state index contributed by atoms with van der Waals surface area (Å²) in [5, 5.41) is 11.6. The van der Waals surface area contributed by atoms with E-state index in [1.807, 2.05) is 0 Å². The van der Waals surface area contributed by atoms with E-state index in [1.165, 1.54) is 19.2 Å². The molecule has 22 heavy (non-hydrogen) atoms. The van der Waals surface area contributed by atoms with Crippen molar-refractivity contribution in [3.05, 3.63) is 57.9 Å². The monoisotopic (exact) mass is 307 g/mol. The molecule has 116 valence electrons. The number of ether oxygens (including phenoxy) is 1. The summed E-state index contributed by atoms with van der Waals surface area (Å²) >= 11 is 0. The smallest absolute Gasteiger partial charge is 0.287 e. The number of hydrogen-bond donors (Lipinski definition) is 2. The van der Waals surface area contributed by atoms with Crippen LogP contribution < -0.4 is 15.5 Å². The molecule has 2 rings (SSSR count). The van der Waals surface area contributed by atoms with Gasteiger partial charge in [-0.25, -0.2) is 4.39 Å². The first-order chi connectivity index (χ1) is 10.4. The van der Waals surface area contributed by atoms with E-state index in [0.29, 0.717) is 5.56 Å². The second-order valence-corrected chi connectivity index (χ2v) is 4.58. The van der Waals surface area contributed by atoms with Crippen molar-refractivity contribution in [2.75, 3.05) is 7.11 Å². The van der Waals surface area contributed by atoms with Crippen LogP contribution in [-0.2, 0) is 0 Å². The predicted octanol–water partition coefficient (Wildman–Crippen LogP) is 1.98. The van der Waals surface area contributed by atoms with Crippen LogP contribution in [-0.4, -0.2) is 18.1 Å². The molecule has 0 saturated heterocycles. The summed E-state index contributed by atoms with van der Waals surface area (Å²) in [7, 11) is 1.36. The molecule has 6 nitrogen and oxygen atoms in total. The van der Waals surface area contributed by atoms with Crippen molar-refractivity contribution in [2.45, 2.75) is 13.0 Å². The van der Waals surface area contributed by atoms with E-state index >= 15 is 0 Å². The summed E-state index contributed by atoms with van der Waals surface area (Å²) in [5.74, 6) is -1.92. The molecule has 0 aliphatic heterocycles. The number of carbonyl (C=O) groups excluding carboxylic acids is 1. The molecular weight excluding hydrogens is 293 g/mol. The Hall–Kier alpha value is -2.83. The number of methoxy groups -OCH3 is 1. The Morgan fingerprint density at radius 1 is 1.41 bits per heavy atom. The lowest BCUT2D eigenvalue weighted by molar-refractivity contribution is 0.0908. The van der Waals surface area contributed by atoms with E-state index in [1.54, 1.807) is 13.0 Å². The molecule has 1 heterocycles. The molecule has 1 aromatic heterocycles. The maximum Gasteiger partial charge on any atom is 0.287 e. The molecule has 0 spiro atoms. The van der Waals surface area contributed by atoms with Gasteiger partial charge in [0.15, 0.2) is 23.1 Å². The van der Waals surface area contributed by atoms with Crippen LogP contribution in [0.5, 0.6) is 11.5 Å². The Morgan fingerprint density at radius 2 is 2.14 bits per heavy atom. The third kappa shape index (κ3) is 3.25. The molecule has 0 bridgehead atoms. The van der Waals surface area contributed by atoms with Gasteiger partial charge in [0.05, 0.1) is 13.2 Å². The van der Waals surface area contributed by atoms with Gasteiger partial charge < -0.3 is 19.6 Å². The number of benzene rings is 1. The summed E-state index contributed by atoms with van der Waals surface area (Å²) in [6, 6.07) is 4.67. The minimum atomic E-state index is -0.723. The normalized spacial score (nSPS) is 11.8. The lowest BCUT2D eigenvalue weighted by atomic mass is 10.1. The Balaban J connectivity index is 2.15. The minimum absolute atomic E-state index is 0.104. The first-order valence-electron chi connectivity index (χ1n) is 6.38. The molecule has 1 amide bonds. The fourth-order valence-electron chi connectivity index (χ4n) is 1.83. The van der Waals surface area contributed by atoms with E-state index in [-0.39, 0.29) is 11.5 Å². The highest BCUT2D eigenvalue weighted by Gasteiger charge is 2.16. The number of amides is 1. The first kappa shape index (κ1) is 15.6. The molecule has 2 aromatic rings. The van der Waals surface area contributed by atoms with Gasteiger partial charge in [0.1, 0.15) is 6.26 Å². The molecule has 0 fully saturated rings. The zero-order valence-electron chi connectivity index (χ0n) is 11.9. The van der Waals surface area contributed by atoms with Crippen LogP contribution in [0.15, 0.2) is 39.7 Å². The molecule has 0 radical (unpaired) electrons. The Labute approximate surface area is 125 Å². The van der Waals surface area contributed by atoms with Crippen molar-refractivity contribution in [1.29, 1.82) is 0 Å². The van der Waals surface area contributed by atoms with Gasteiger partial charge in [-0.3, -0.25) is 9.59 Å². The van der Waals surface area contributed by atoms with Crippen LogP contribution in [0.2, 0.25) is 0 Å². The van der Waals surface area contributed by atoms with Gasteiger partial charge in [-0.2, -0.15) is 0 Å². The van der Waals surface area contributed by atoms with Gasteiger partial charge in [-0.15, -0.1) is 0 Å². The fraction of sp³-hybridized carbons (Fsp3) is 0.200. The van der Waals surface area contributed by atoms with Crippen LogP contribution in [0.3, 0.4) is 0 Å². The summed E-state index contributed by atoms with van der Waals surface area (Å²) < 4.78 is 23.3. The molecule has 0 saturated carbocycles. The molecular formula is C15H14FNO5. The van der Waals surface area contributed by atoms with Gasteiger partial charge in [0, 0.05) is 6.07 Å². The van der Waals surface area contributed by atoms with E-state index < -0.39 is 28.9 Å². The highest BCUT2D eigenvalue weighted by Crippen LogP contribution is 2.22. The molecule has 1 aromatic carbocycles. The Kier molecular flexibility index (Phi) is 4.45. The van der Waals surface area contributed by atoms with Gasteiger partial charge >= 0.3 is 0 Å². The van der Waals surface area contributed by atoms with Crippen LogP contribution in [0, 0.1) is 5.82 Å². The SMILES string of the molecule is COc1ccc(C(C)NC(=O)c2cc(=O)c(O)co2)cc1F. The third-order valence-corrected chi connectivity index (χ3v) is 3.06. The largest absolute Gasteiger partial charge is 0.502 e. The molecule has 1 atom stereocenters. The number of carbonyl (C=O) groups is 1. The average molecular weight is 307 g/mol. The van der Waals surface area contributed by atoms with Gasteiger partial charge in [-0.1, -0.05) is 6.07 Å². The standard InChI is InChI=1S/C15H14FNO5/c1-8(9-3-4-13(21-2)10(16)5-9)17-15(20)14-6-11(18)12(19)7-22-14/h3-8,19H,1-2H3,(H,17,20). The van der Waals surface area contributed by atoms with Crippen molar-refractivity contribution in [1.82, 2.24) is 5.32 Å². The minimum Gasteiger partial charge on any atom is -0.502 e. The third-order valence-electron chi connectivity index (χ3n) is 3.06. The number of aromatic hydroxyl groups is 1. The number of nitrogens with one attached hydrogen (secondary N) is 1. The summed E-state index contributed by atoms with van der Waals surface area (Å²) in [6.45, 7) is 1.65. The number of halogens is 1. The lowest BCUT2D eigenvalue weighted by Crippen LogP contribution is -2.27. The lowest BCUT2D eigenvalue weighted by Gasteiger charge is -2.14. The summed E-state index contributed by atoms with van der Waals surface area (Å²) in [5.41, 5.74) is -0.202. The van der Waals surface area contributed by atoms with Crippen molar-refractivity contribution >= 4 is 5.91 Å². The van der Waals surface area contributed by atoms with E-state index in [9.17, 15) is 14.0 Å². The quantitative estimate of drug-likeness (QED) is 0.901. The second kappa shape index (κ2) is 6.30. The number of rotatable bonds is 4. The van der Waals surface area contributed by atoms with Gasteiger partial charge in [0.25, 0.3) is 5.91 Å². The zero-order chi connectivity index (χ0) is 16.3. The molecule has 0 aliphatic carbocycles. The van der Waals surface area contributed by atoms with E-state index in [0.717, 1.165) is 12.3 Å². The molecule has 7 heteroatoms. The average Bonchev–Trinajstić information content (AvgIpc) is 2.49. The molecule has 0 aliphatic rings. The maximum absolute atomic E-state index is 13.6. The first-order valence-corrected chi connectivity index (χ1v) is 6.38. The topological polar surface area (TPSA) is 88.8 Å². The summed E-state index contributed by atoms with van der Waals surface area (Å²) in [4.78, 5) is 23.2. The molecule has 2 N–H and O–H groups in total. The van der Waals surface area contributed by atoms with E-state index in [4.69, 9.17) is 14.3 Å². The van der Waals surface area contributed by atoms with Gasteiger partial charge in [0.2, 0.25) is 5.43 Å². The number of hydrogen-bond acceptors (Lipinski definition) is 5. The van der Waals surface area contributed by atoms with E-state index in [2.05, 4.69) is 5.32 Å². The second-order valence-electron chi connectivity index (χ2n) is 4.58. The highest BCUT2D eigenvalue weighted by molar-refractivity contribution is 5.91. The zero-order valence-corrected chi connectivity index (χ0v) is 11.9. The van der Waals surface area contributed by atoms with Gasteiger partial charge in [-0.05, 0) is 24.6 Å². The van der Waals surface area contributed by atoms with Crippen LogP contribution >= 0.6 is 0 Å². The Morgan fingerprint density at radius 3 is 2.73 bits per heavy atom. The summed E-state index contributed by atoms with van der Waals surface area (Å²) in [6.07, 6.45) is 0.787. The highest BCUT2D eigenvalue weighted by atomic mass is 19.1. The van der Waals surface area contributed by atoms with Crippen LogP contribution in [0.25, 0.3) is 0 Å². The molecule has 1 unspecified atom stereocenters. The van der Waals surface area contributed by atoms with Crippen LogP contribution in [0.1, 0.15) is 29.1 Å². The van der Waals surface area contributed by atoms with Crippen molar-refractivity contribution in [3.8, 4) is 11.5 Å². The predicted molar refractivity (Wildman–Crippen MR) is 75.5 cm³/mol. The fourth-order valence-corrected chi connectivity index (χ4v) is 1.83. The van der Waals surface area contributed by atoms with Crippen molar-refractivity contribution in [3.63, 3.8) is 0 Å². The van der Waals surface area contributed by atoms with Crippen molar-refractivity contribution in [2.24, 2.45) is 0 Å². The van der Waals surface area contributed by atoms with Crippen molar-refractivity contribution < 1.29 is 23.4 Å².